The summed E-state index contributed by atoms with van der Waals surface area (Å²) in [6, 6.07) is 0.570. The Morgan fingerprint density at radius 3 is 2.85 bits per heavy atom. The topological polar surface area (TPSA) is 70.6 Å². The van der Waals surface area contributed by atoms with Crippen molar-refractivity contribution in [1.29, 1.82) is 0 Å². The summed E-state index contributed by atoms with van der Waals surface area (Å²) in [5.41, 5.74) is 5.34. The van der Waals surface area contributed by atoms with Gasteiger partial charge < -0.3 is 16.3 Å². The molecule has 0 bridgehead atoms. The van der Waals surface area contributed by atoms with Gasteiger partial charge in [-0.2, -0.15) is 0 Å². The van der Waals surface area contributed by atoms with Crippen LogP contribution in [0.2, 0.25) is 0 Å². The Morgan fingerprint density at radius 1 is 1.69 bits per heavy atom. The van der Waals surface area contributed by atoms with Crippen LogP contribution in [0.4, 0.5) is 0 Å². The van der Waals surface area contributed by atoms with Crippen LogP contribution in [0.25, 0.3) is 0 Å². The van der Waals surface area contributed by atoms with E-state index in [0.717, 1.165) is 12.5 Å². The molecule has 0 amide bonds. The fourth-order valence-electron chi connectivity index (χ4n) is 1.58. The molecular formula is C9H19N3O. The van der Waals surface area contributed by atoms with E-state index in [9.17, 15) is 0 Å². The molecule has 4 N–H and O–H groups in total. The van der Waals surface area contributed by atoms with Crippen LogP contribution in [0.1, 0.15) is 32.6 Å². The van der Waals surface area contributed by atoms with Gasteiger partial charge in [0.2, 0.25) is 0 Å². The Labute approximate surface area is 79.2 Å². The lowest BCUT2D eigenvalue weighted by molar-refractivity contribution is 0.242. The number of hydrogen-bond acceptors (Lipinski definition) is 3. The van der Waals surface area contributed by atoms with Gasteiger partial charge in [0.1, 0.15) is 5.84 Å². The SMILES string of the molecule is CC(NCCC(N)=NO)C1CCC1. The molecule has 1 atom stereocenters. The maximum absolute atomic E-state index is 8.30. The predicted molar refractivity (Wildman–Crippen MR) is 52.8 cm³/mol. The summed E-state index contributed by atoms with van der Waals surface area (Å²) in [5, 5.41) is 14.6. The van der Waals surface area contributed by atoms with Crippen molar-refractivity contribution < 1.29 is 5.21 Å². The summed E-state index contributed by atoms with van der Waals surface area (Å²) < 4.78 is 0. The number of nitrogens with two attached hydrogens (primary N) is 1. The second kappa shape index (κ2) is 5.07. The minimum atomic E-state index is 0.299. The van der Waals surface area contributed by atoms with Crippen molar-refractivity contribution in [2.75, 3.05) is 6.54 Å². The summed E-state index contributed by atoms with van der Waals surface area (Å²) >= 11 is 0. The third-order valence-corrected chi connectivity index (χ3v) is 2.83. The highest BCUT2D eigenvalue weighted by Crippen LogP contribution is 2.29. The van der Waals surface area contributed by atoms with Crippen molar-refractivity contribution in [3.63, 3.8) is 0 Å². The highest BCUT2D eigenvalue weighted by atomic mass is 16.4. The summed E-state index contributed by atoms with van der Waals surface area (Å²) in [6.07, 6.45) is 4.68. The van der Waals surface area contributed by atoms with Crippen LogP contribution >= 0.6 is 0 Å². The number of oxime groups is 1. The molecule has 1 saturated carbocycles. The van der Waals surface area contributed by atoms with E-state index < -0.39 is 0 Å². The Morgan fingerprint density at radius 2 is 2.38 bits per heavy atom. The summed E-state index contributed by atoms with van der Waals surface area (Å²) in [7, 11) is 0. The molecule has 76 valence electrons. The van der Waals surface area contributed by atoms with Gasteiger partial charge in [-0.25, -0.2) is 0 Å². The maximum atomic E-state index is 8.30. The molecule has 13 heavy (non-hydrogen) atoms. The van der Waals surface area contributed by atoms with Crippen molar-refractivity contribution in [2.45, 2.75) is 38.6 Å². The van der Waals surface area contributed by atoms with Gasteiger partial charge in [-0.15, -0.1) is 0 Å². The molecule has 1 aliphatic carbocycles. The zero-order valence-corrected chi connectivity index (χ0v) is 8.16. The minimum absolute atomic E-state index is 0.299. The first kappa shape index (κ1) is 10.3. The van der Waals surface area contributed by atoms with Gasteiger partial charge in [0.25, 0.3) is 0 Å². The summed E-state index contributed by atoms with van der Waals surface area (Å²) in [5.74, 6) is 1.14. The minimum Gasteiger partial charge on any atom is -0.409 e. The molecule has 0 aromatic carbocycles. The number of hydrogen-bond donors (Lipinski definition) is 3. The Hall–Kier alpha value is -0.770. The molecule has 4 nitrogen and oxygen atoms in total. The van der Waals surface area contributed by atoms with Gasteiger partial charge >= 0.3 is 0 Å². The van der Waals surface area contributed by atoms with E-state index in [1.54, 1.807) is 0 Å². The molecule has 1 aliphatic rings. The predicted octanol–water partition coefficient (Wildman–Crippen LogP) is 0.901. The molecule has 0 aromatic heterocycles. The van der Waals surface area contributed by atoms with Crippen LogP contribution in [-0.4, -0.2) is 23.6 Å². The van der Waals surface area contributed by atoms with Gasteiger partial charge in [0, 0.05) is 19.0 Å². The fraction of sp³-hybridized carbons (Fsp3) is 0.889. The van der Waals surface area contributed by atoms with Crippen LogP contribution in [-0.2, 0) is 0 Å². The van der Waals surface area contributed by atoms with Crippen LogP contribution in [0.3, 0.4) is 0 Å². The van der Waals surface area contributed by atoms with E-state index in [-0.39, 0.29) is 0 Å². The van der Waals surface area contributed by atoms with Crippen molar-refractivity contribution in [1.82, 2.24) is 5.32 Å². The molecule has 0 radical (unpaired) electrons. The number of nitrogens with zero attached hydrogens (tertiary/aromatic N) is 1. The molecule has 4 heteroatoms. The van der Waals surface area contributed by atoms with Crippen LogP contribution in [0.15, 0.2) is 5.16 Å². The zero-order valence-electron chi connectivity index (χ0n) is 8.16. The lowest BCUT2D eigenvalue weighted by Crippen LogP contribution is -2.38. The first-order valence-corrected chi connectivity index (χ1v) is 4.94. The largest absolute Gasteiger partial charge is 0.409 e. The Bertz CT molecular complexity index is 178. The highest BCUT2D eigenvalue weighted by Gasteiger charge is 2.22. The highest BCUT2D eigenvalue weighted by molar-refractivity contribution is 5.79. The molecule has 0 aliphatic heterocycles. The average Bonchev–Trinajstić information content (AvgIpc) is 2.01. The van der Waals surface area contributed by atoms with Gasteiger partial charge in [0.05, 0.1) is 0 Å². The van der Waals surface area contributed by atoms with Gasteiger partial charge in [0.15, 0.2) is 0 Å². The smallest absolute Gasteiger partial charge is 0.140 e. The summed E-state index contributed by atoms with van der Waals surface area (Å²) in [4.78, 5) is 0. The first-order valence-electron chi connectivity index (χ1n) is 4.94. The van der Waals surface area contributed by atoms with Gasteiger partial charge in [-0.1, -0.05) is 11.6 Å². The second-order valence-electron chi connectivity index (χ2n) is 3.78. The molecular weight excluding hydrogens is 166 g/mol. The number of rotatable bonds is 5. The van der Waals surface area contributed by atoms with Crippen LogP contribution in [0, 0.1) is 5.92 Å². The Balaban J connectivity index is 2.04. The van der Waals surface area contributed by atoms with E-state index in [4.69, 9.17) is 10.9 Å². The molecule has 1 unspecified atom stereocenters. The van der Waals surface area contributed by atoms with E-state index in [0.29, 0.717) is 18.3 Å². The Kier molecular flexibility index (Phi) is 4.02. The van der Waals surface area contributed by atoms with Crippen molar-refractivity contribution >= 4 is 5.84 Å². The van der Waals surface area contributed by atoms with Crippen molar-refractivity contribution in [3.8, 4) is 0 Å². The van der Waals surface area contributed by atoms with E-state index >= 15 is 0 Å². The van der Waals surface area contributed by atoms with Gasteiger partial charge in [-0.3, -0.25) is 0 Å². The standard InChI is InChI=1S/C9H19N3O/c1-7(8-3-2-4-8)11-6-5-9(10)12-13/h7-8,11,13H,2-6H2,1H3,(H2,10,12). The third kappa shape index (κ3) is 3.22. The summed E-state index contributed by atoms with van der Waals surface area (Å²) in [6.45, 7) is 3.00. The molecule has 0 heterocycles. The van der Waals surface area contributed by atoms with Gasteiger partial charge in [-0.05, 0) is 25.7 Å². The van der Waals surface area contributed by atoms with E-state index in [1.807, 2.05) is 0 Å². The van der Waals surface area contributed by atoms with Crippen LogP contribution in [0.5, 0.6) is 0 Å². The number of nitrogens with one attached hydrogen (secondary N) is 1. The fourth-order valence-corrected chi connectivity index (χ4v) is 1.58. The van der Waals surface area contributed by atoms with E-state index in [2.05, 4.69) is 17.4 Å². The quantitative estimate of drug-likeness (QED) is 0.258. The van der Waals surface area contributed by atoms with Crippen molar-refractivity contribution in [2.24, 2.45) is 16.8 Å². The number of amidine groups is 1. The average molecular weight is 185 g/mol. The molecule has 1 fully saturated rings. The first-order chi connectivity index (χ1) is 6.24. The van der Waals surface area contributed by atoms with Crippen LogP contribution < -0.4 is 11.1 Å². The maximum Gasteiger partial charge on any atom is 0.140 e. The lowest BCUT2D eigenvalue weighted by atomic mass is 9.80. The van der Waals surface area contributed by atoms with Crippen molar-refractivity contribution in [3.05, 3.63) is 0 Å². The molecule has 0 spiro atoms. The molecule has 0 aromatic rings. The second-order valence-corrected chi connectivity index (χ2v) is 3.78. The monoisotopic (exact) mass is 185 g/mol. The van der Waals surface area contributed by atoms with E-state index in [1.165, 1.54) is 19.3 Å². The normalized spacial score (nSPS) is 21.2. The lowest BCUT2D eigenvalue weighted by Gasteiger charge is -2.32. The zero-order chi connectivity index (χ0) is 9.68. The third-order valence-electron chi connectivity index (χ3n) is 2.83. The molecule has 0 saturated heterocycles. The molecule has 1 rings (SSSR count).